The van der Waals surface area contributed by atoms with Crippen LogP contribution in [0.25, 0.3) is 0 Å². The highest BCUT2D eigenvalue weighted by Gasteiger charge is 2.15. The number of nitrogens with one attached hydrogen (secondary N) is 1. The molecule has 0 aliphatic heterocycles. The first kappa shape index (κ1) is 18.0. The summed E-state index contributed by atoms with van der Waals surface area (Å²) in [5.41, 5.74) is 2.18. The first-order valence-electron chi connectivity index (χ1n) is 7.71. The predicted molar refractivity (Wildman–Crippen MR) is 94.5 cm³/mol. The molecule has 0 radical (unpaired) electrons. The van der Waals surface area contributed by atoms with Crippen molar-refractivity contribution in [3.05, 3.63) is 65.7 Å². The van der Waals surface area contributed by atoms with Crippen LogP contribution in [0.1, 0.15) is 11.1 Å². The van der Waals surface area contributed by atoms with Crippen molar-refractivity contribution in [2.75, 3.05) is 19.3 Å². The summed E-state index contributed by atoms with van der Waals surface area (Å²) in [7, 11) is -1.69. The van der Waals surface area contributed by atoms with Crippen molar-refractivity contribution in [3.8, 4) is 0 Å². The Kier molecular flexibility index (Phi) is 5.98. The minimum atomic E-state index is -3.38. The molecule has 0 aliphatic carbocycles. The fraction of sp³-hybridized carbons (Fsp3) is 0.278. The Balaban J connectivity index is 1.86. The Hall–Kier alpha value is -2.34. The highest BCUT2D eigenvalue weighted by Crippen LogP contribution is 2.10. The first-order valence-corrected chi connectivity index (χ1v) is 9.36. The number of urea groups is 1. The van der Waals surface area contributed by atoms with Crippen LogP contribution in [0.4, 0.5) is 4.79 Å². The van der Waals surface area contributed by atoms with Crippen LogP contribution < -0.4 is 5.32 Å². The number of aryl methyl sites for hydroxylation is 1. The van der Waals surface area contributed by atoms with Crippen LogP contribution in [0.2, 0.25) is 0 Å². The van der Waals surface area contributed by atoms with E-state index in [1.165, 1.54) is 4.90 Å². The molecule has 0 atom stereocenters. The zero-order valence-electron chi connectivity index (χ0n) is 13.9. The van der Waals surface area contributed by atoms with E-state index in [0.717, 1.165) is 11.1 Å². The minimum Gasteiger partial charge on any atom is -0.337 e. The summed E-state index contributed by atoms with van der Waals surface area (Å²) in [4.78, 5) is 13.9. The van der Waals surface area contributed by atoms with Crippen LogP contribution in [-0.2, 0) is 16.4 Å². The molecule has 2 rings (SSSR count). The normalized spacial score (nSPS) is 11.1. The maximum Gasteiger partial charge on any atom is 0.317 e. The third kappa shape index (κ3) is 4.83. The Morgan fingerprint density at radius 1 is 1.04 bits per heavy atom. The Morgan fingerprint density at radius 3 is 2.33 bits per heavy atom. The van der Waals surface area contributed by atoms with Crippen LogP contribution >= 0.6 is 0 Å². The number of carbonyl (C=O) groups excluding carboxylic acids is 1. The standard InChI is InChI=1S/C18H22N2O3S/c1-15-8-6-7-9-16(15)14-20(2)18(21)19-12-13-24(22,23)17-10-4-3-5-11-17/h3-11H,12-14H2,1-2H3,(H,19,21). The van der Waals surface area contributed by atoms with Crippen molar-refractivity contribution >= 4 is 15.9 Å². The summed E-state index contributed by atoms with van der Waals surface area (Å²) in [5.74, 6) is -0.124. The molecule has 1 N–H and O–H groups in total. The molecule has 0 aliphatic rings. The van der Waals surface area contributed by atoms with E-state index in [1.54, 1.807) is 37.4 Å². The SMILES string of the molecule is Cc1ccccc1CN(C)C(=O)NCCS(=O)(=O)c1ccccc1. The van der Waals surface area contributed by atoms with Gasteiger partial charge in [0.2, 0.25) is 0 Å². The third-order valence-corrected chi connectivity index (χ3v) is 5.50. The summed E-state index contributed by atoms with van der Waals surface area (Å²) in [6.07, 6.45) is 0. The Labute approximate surface area is 143 Å². The maximum atomic E-state index is 12.2. The number of sulfone groups is 1. The second-order valence-corrected chi connectivity index (χ2v) is 7.76. The fourth-order valence-corrected chi connectivity index (χ4v) is 3.47. The summed E-state index contributed by atoms with van der Waals surface area (Å²) < 4.78 is 24.3. The molecule has 6 heteroatoms. The lowest BCUT2D eigenvalue weighted by Gasteiger charge is -2.19. The van der Waals surface area contributed by atoms with E-state index in [9.17, 15) is 13.2 Å². The van der Waals surface area contributed by atoms with Gasteiger partial charge in [0.15, 0.2) is 9.84 Å². The van der Waals surface area contributed by atoms with Crippen molar-refractivity contribution in [2.24, 2.45) is 0 Å². The minimum absolute atomic E-state index is 0.0776. The molecule has 0 unspecified atom stereocenters. The summed E-state index contributed by atoms with van der Waals surface area (Å²) >= 11 is 0. The van der Waals surface area contributed by atoms with E-state index in [2.05, 4.69) is 5.32 Å². The lowest BCUT2D eigenvalue weighted by Crippen LogP contribution is -2.39. The van der Waals surface area contributed by atoms with Gasteiger partial charge in [-0.15, -0.1) is 0 Å². The molecular formula is C18H22N2O3S. The molecular weight excluding hydrogens is 324 g/mol. The van der Waals surface area contributed by atoms with Crippen molar-refractivity contribution < 1.29 is 13.2 Å². The largest absolute Gasteiger partial charge is 0.337 e. The van der Waals surface area contributed by atoms with Gasteiger partial charge in [-0.2, -0.15) is 0 Å². The summed E-state index contributed by atoms with van der Waals surface area (Å²) in [6, 6.07) is 15.8. The zero-order chi connectivity index (χ0) is 17.6. The molecule has 24 heavy (non-hydrogen) atoms. The van der Waals surface area contributed by atoms with Crippen LogP contribution in [0.3, 0.4) is 0 Å². The maximum absolute atomic E-state index is 12.2. The third-order valence-electron chi connectivity index (χ3n) is 3.76. The van der Waals surface area contributed by atoms with Crippen molar-refractivity contribution in [2.45, 2.75) is 18.4 Å². The van der Waals surface area contributed by atoms with Crippen LogP contribution in [0, 0.1) is 6.92 Å². The number of carbonyl (C=O) groups is 1. The van der Waals surface area contributed by atoms with Gasteiger partial charge in [-0.05, 0) is 30.2 Å². The second kappa shape index (κ2) is 7.97. The Bertz CT molecular complexity index is 789. The molecule has 0 fully saturated rings. The van der Waals surface area contributed by atoms with Gasteiger partial charge in [-0.25, -0.2) is 13.2 Å². The first-order chi connectivity index (χ1) is 11.4. The van der Waals surface area contributed by atoms with Crippen LogP contribution in [-0.4, -0.2) is 38.7 Å². The van der Waals surface area contributed by atoms with Crippen molar-refractivity contribution in [1.29, 1.82) is 0 Å². The van der Waals surface area contributed by atoms with Crippen molar-refractivity contribution in [3.63, 3.8) is 0 Å². The number of amides is 2. The summed E-state index contributed by atoms with van der Waals surface area (Å²) in [6.45, 7) is 2.55. The van der Waals surface area contributed by atoms with Gasteiger partial charge in [-0.1, -0.05) is 42.5 Å². The number of hydrogen-bond donors (Lipinski definition) is 1. The van der Waals surface area contributed by atoms with Gasteiger partial charge in [-0.3, -0.25) is 0 Å². The van der Waals surface area contributed by atoms with E-state index in [-0.39, 0.29) is 23.2 Å². The smallest absolute Gasteiger partial charge is 0.317 e. The molecule has 0 aromatic heterocycles. The lowest BCUT2D eigenvalue weighted by molar-refractivity contribution is 0.207. The molecule has 0 heterocycles. The Morgan fingerprint density at radius 2 is 1.67 bits per heavy atom. The second-order valence-electron chi connectivity index (χ2n) is 5.65. The average molecular weight is 346 g/mol. The van der Waals surface area contributed by atoms with Gasteiger partial charge in [0.05, 0.1) is 10.6 Å². The van der Waals surface area contributed by atoms with E-state index in [0.29, 0.717) is 6.54 Å². The highest BCUT2D eigenvalue weighted by atomic mass is 32.2. The van der Waals surface area contributed by atoms with Gasteiger partial charge < -0.3 is 10.2 Å². The molecule has 0 spiro atoms. The molecule has 0 bridgehead atoms. The van der Waals surface area contributed by atoms with E-state index in [1.807, 2.05) is 31.2 Å². The van der Waals surface area contributed by atoms with Gasteiger partial charge in [0.1, 0.15) is 0 Å². The van der Waals surface area contributed by atoms with Gasteiger partial charge in [0.25, 0.3) is 0 Å². The molecule has 2 aromatic carbocycles. The number of hydrogen-bond acceptors (Lipinski definition) is 3. The molecule has 2 aromatic rings. The van der Waals surface area contributed by atoms with E-state index >= 15 is 0 Å². The zero-order valence-corrected chi connectivity index (χ0v) is 14.7. The average Bonchev–Trinajstić information content (AvgIpc) is 2.57. The topological polar surface area (TPSA) is 66.5 Å². The number of benzene rings is 2. The van der Waals surface area contributed by atoms with E-state index in [4.69, 9.17) is 0 Å². The van der Waals surface area contributed by atoms with Crippen LogP contribution in [0.15, 0.2) is 59.5 Å². The molecule has 0 saturated heterocycles. The summed E-state index contributed by atoms with van der Waals surface area (Å²) in [5, 5.41) is 2.66. The van der Waals surface area contributed by atoms with E-state index < -0.39 is 9.84 Å². The molecule has 128 valence electrons. The predicted octanol–water partition coefficient (Wildman–Crippen LogP) is 2.61. The molecule has 0 saturated carbocycles. The van der Waals surface area contributed by atoms with Crippen molar-refractivity contribution in [1.82, 2.24) is 10.2 Å². The lowest BCUT2D eigenvalue weighted by atomic mass is 10.1. The fourth-order valence-electron chi connectivity index (χ4n) is 2.29. The van der Waals surface area contributed by atoms with Gasteiger partial charge in [0, 0.05) is 20.1 Å². The number of rotatable bonds is 6. The highest BCUT2D eigenvalue weighted by molar-refractivity contribution is 7.91. The quantitative estimate of drug-likeness (QED) is 0.874. The van der Waals surface area contributed by atoms with Crippen LogP contribution in [0.5, 0.6) is 0 Å². The molecule has 2 amide bonds. The molecule has 5 nitrogen and oxygen atoms in total. The number of nitrogens with zero attached hydrogens (tertiary/aromatic N) is 1. The monoisotopic (exact) mass is 346 g/mol. The van der Waals surface area contributed by atoms with Gasteiger partial charge >= 0.3 is 6.03 Å².